The van der Waals surface area contributed by atoms with Crippen molar-refractivity contribution in [1.29, 1.82) is 0 Å². The van der Waals surface area contributed by atoms with Crippen LogP contribution in [-0.4, -0.2) is 5.11 Å². The lowest BCUT2D eigenvalue weighted by molar-refractivity contribution is 0.455. The minimum absolute atomic E-state index is 0.00205. The number of phenolic OH excluding ortho intramolecular Hbond substituents is 1. The molecule has 0 saturated heterocycles. The molecule has 3 heteroatoms. The van der Waals surface area contributed by atoms with Crippen LogP contribution in [0.5, 0.6) is 5.75 Å². The molecule has 0 saturated carbocycles. The van der Waals surface area contributed by atoms with E-state index >= 15 is 0 Å². The van der Waals surface area contributed by atoms with Gasteiger partial charge in [0.1, 0.15) is 28.4 Å². The Balaban J connectivity index is 1.69. The van der Waals surface area contributed by atoms with Crippen LogP contribution >= 0.6 is 0 Å². The van der Waals surface area contributed by atoms with Crippen molar-refractivity contribution in [2.45, 2.75) is 97.8 Å². The summed E-state index contributed by atoms with van der Waals surface area (Å²) in [7, 11) is 0. The van der Waals surface area contributed by atoms with Crippen molar-refractivity contribution in [3.05, 3.63) is 99.0 Å². The maximum absolute atomic E-state index is 11.5. The highest BCUT2D eigenvalue weighted by molar-refractivity contribution is 5.86. The van der Waals surface area contributed by atoms with E-state index in [0.717, 1.165) is 51.0 Å². The Bertz CT molecular complexity index is 1650. The molecule has 1 N–H and O–H groups in total. The van der Waals surface area contributed by atoms with Crippen LogP contribution in [0.4, 0.5) is 0 Å². The van der Waals surface area contributed by atoms with E-state index in [-0.39, 0.29) is 16.2 Å². The van der Waals surface area contributed by atoms with E-state index < -0.39 is 0 Å². The molecule has 0 amide bonds. The first kappa shape index (κ1) is 26.7. The summed E-state index contributed by atoms with van der Waals surface area (Å²) >= 11 is 0. The third-order valence-corrected chi connectivity index (χ3v) is 8.46. The standard InChI is InChI=1S/C37H42O3/c1-35(2,3)27-11-21-17-30-19-25-15-28(36(4,5)6)13-23(33(25)39-30)10-24-14-29(37(7,8)9)16-26-20-31(40-34(24)26)18-22(12-27)32(21)38/h11-16,19-20,38H,10,17-18H2,1-9H3. The minimum Gasteiger partial charge on any atom is -0.507 e. The molecule has 6 rings (SSSR count). The van der Waals surface area contributed by atoms with Gasteiger partial charge in [0.25, 0.3) is 0 Å². The number of benzene rings is 3. The van der Waals surface area contributed by atoms with Crippen molar-refractivity contribution < 1.29 is 13.9 Å². The highest BCUT2D eigenvalue weighted by Crippen LogP contribution is 2.39. The Morgan fingerprint density at radius 1 is 0.475 bits per heavy atom. The van der Waals surface area contributed by atoms with E-state index in [2.05, 4.69) is 111 Å². The SMILES string of the molecule is CC(C)(C)c1cc2c(O)c(c1)Cc1cc3cc(C(C)(C)C)cc(c3o1)Cc1cc(C(C)(C)C)cc3cc(oc13)C2. The summed E-state index contributed by atoms with van der Waals surface area (Å²) in [4.78, 5) is 0. The van der Waals surface area contributed by atoms with Crippen molar-refractivity contribution >= 4 is 21.9 Å². The van der Waals surface area contributed by atoms with Crippen molar-refractivity contribution in [1.82, 2.24) is 0 Å². The summed E-state index contributed by atoms with van der Waals surface area (Å²) in [5.41, 5.74) is 9.68. The van der Waals surface area contributed by atoms with Gasteiger partial charge in [0, 0.05) is 52.3 Å². The fourth-order valence-corrected chi connectivity index (χ4v) is 5.90. The summed E-state index contributed by atoms with van der Waals surface area (Å²) < 4.78 is 13.3. The van der Waals surface area contributed by atoms with Crippen LogP contribution in [0.3, 0.4) is 0 Å². The van der Waals surface area contributed by atoms with Crippen LogP contribution in [0.15, 0.2) is 57.4 Å². The van der Waals surface area contributed by atoms with Crippen molar-refractivity contribution in [2.24, 2.45) is 0 Å². The van der Waals surface area contributed by atoms with Gasteiger partial charge in [-0.2, -0.15) is 0 Å². The molecule has 0 aliphatic carbocycles. The zero-order chi connectivity index (χ0) is 28.8. The van der Waals surface area contributed by atoms with Crippen molar-refractivity contribution in [3.8, 4) is 5.75 Å². The van der Waals surface area contributed by atoms with Crippen LogP contribution in [0, 0.1) is 0 Å². The minimum atomic E-state index is -0.0616. The third kappa shape index (κ3) is 4.74. The van der Waals surface area contributed by atoms with Gasteiger partial charge in [-0.1, -0.05) is 86.6 Å². The summed E-state index contributed by atoms with van der Waals surface area (Å²) in [5.74, 6) is 2.08. The molecular formula is C37H42O3. The van der Waals surface area contributed by atoms with Crippen LogP contribution in [0.25, 0.3) is 21.9 Å². The summed E-state index contributed by atoms with van der Waals surface area (Å²) in [6, 6.07) is 17.8. The number of furan rings is 2. The second-order valence-corrected chi connectivity index (χ2v) is 15.0. The Hall–Kier alpha value is -3.46. The second kappa shape index (κ2) is 8.77. The molecule has 0 radical (unpaired) electrons. The molecule has 0 atom stereocenters. The molecule has 0 fully saturated rings. The van der Waals surface area contributed by atoms with Crippen LogP contribution in [-0.2, 0) is 35.5 Å². The normalized spacial score (nSPS) is 14.4. The molecule has 0 unspecified atom stereocenters. The van der Waals surface area contributed by atoms with Gasteiger partial charge in [0.05, 0.1) is 0 Å². The predicted molar refractivity (Wildman–Crippen MR) is 165 cm³/mol. The Kier molecular flexibility index (Phi) is 5.86. The number of hydrogen-bond acceptors (Lipinski definition) is 3. The topological polar surface area (TPSA) is 46.5 Å². The molecular weight excluding hydrogens is 492 g/mol. The lowest BCUT2D eigenvalue weighted by atomic mass is 9.83. The van der Waals surface area contributed by atoms with Gasteiger partial charge in [-0.3, -0.25) is 0 Å². The molecule has 2 aromatic heterocycles. The number of aromatic hydroxyl groups is 1. The zero-order valence-corrected chi connectivity index (χ0v) is 25.5. The molecule has 1 aliphatic heterocycles. The van der Waals surface area contributed by atoms with E-state index in [1.807, 2.05) is 0 Å². The van der Waals surface area contributed by atoms with Crippen LogP contribution in [0.1, 0.15) is 113 Å². The first-order valence-electron chi connectivity index (χ1n) is 14.5. The molecule has 3 heterocycles. The fourth-order valence-electron chi connectivity index (χ4n) is 5.90. The first-order chi connectivity index (χ1) is 18.6. The molecule has 3 nitrogen and oxygen atoms in total. The number of hydrogen-bond donors (Lipinski definition) is 1. The van der Waals surface area contributed by atoms with Crippen molar-refractivity contribution in [2.75, 3.05) is 0 Å². The van der Waals surface area contributed by atoms with Gasteiger partial charge in [-0.15, -0.1) is 0 Å². The van der Waals surface area contributed by atoms with Gasteiger partial charge in [0.2, 0.25) is 0 Å². The highest BCUT2D eigenvalue weighted by Gasteiger charge is 2.25. The van der Waals surface area contributed by atoms with Gasteiger partial charge in [-0.25, -0.2) is 0 Å². The molecule has 40 heavy (non-hydrogen) atoms. The van der Waals surface area contributed by atoms with E-state index in [9.17, 15) is 5.11 Å². The summed E-state index contributed by atoms with van der Waals surface area (Å²) in [6.07, 6.45) is 1.80. The lowest BCUT2D eigenvalue weighted by Gasteiger charge is -2.22. The van der Waals surface area contributed by atoms with Gasteiger partial charge < -0.3 is 13.9 Å². The summed E-state index contributed by atoms with van der Waals surface area (Å²) in [6.45, 7) is 20.2. The fraction of sp³-hybridized carbons (Fsp3) is 0.405. The molecule has 0 spiro atoms. The number of phenols is 1. The quantitative estimate of drug-likeness (QED) is 0.211. The van der Waals surface area contributed by atoms with Crippen LogP contribution in [0.2, 0.25) is 0 Å². The van der Waals surface area contributed by atoms with E-state index in [0.29, 0.717) is 18.6 Å². The highest BCUT2D eigenvalue weighted by atomic mass is 16.3. The average molecular weight is 535 g/mol. The Morgan fingerprint density at radius 3 is 1.20 bits per heavy atom. The molecule has 6 bridgehead atoms. The van der Waals surface area contributed by atoms with Gasteiger partial charge >= 0.3 is 0 Å². The van der Waals surface area contributed by atoms with E-state index in [4.69, 9.17) is 8.83 Å². The van der Waals surface area contributed by atoms with Gasteiger partial charge in [0.15, 0.2) is 0 Å². The average Bonchev–Trinajstić information content (AvgIpc) is 3.42. The molecule has 3 aromatic carbocycles. The predicted octanol–water partition coefficient (Wildman–Crippen LogP) is 9.86. The monoisotopic (exact) mass is 534 g/mol. The second-order valence-electron chi connectivity index (χ2n) is 15.0. The largest absolute Gasteiger partial charge is 0.507 e. The molecule has 1 aliphatic rings. The number of fused-ring (bicyclic) bond motifs is 4. The lowest BCUT2D eigenvalue weighted by Crippen LogP contribution is -2.12. The zero-order valence-electron chi connectivity index (χ0n) is 25.5. The molecule has 5 aromatic rings. The van der Waals surface area contributed by atoms with Crippen molar-refractivity contribution in [3.63, 3.8) is 0 Å². The number of rotatable bonds is 0. The smallest absolute Gasteiger partial charge is 0.137 e. The Labute approximate surface area is 238 Å². The van der Waals surface area contributed by atoms with E-state index in [1.165, 1.54) is 27.8 Å². The third-order valence-electron chi connectivity index (χ3n) is 8.46. The Morgan fingerprint density at radius 2 is 0.825 bits per heavy atom. The van der Waals surface area contributed by atoms with Crippen LogP contribution < -0.4 is 0 Å². The first-order valence-corrected chi connectivity index (χ1v) is 14.5. The molecule has 208 valence electrons. The van der Waals surface area contributed by atoms with Gasteiger partial charge in [-0.05, 0) is 57.2 Å². The maximum Gasteiger partial charge on any atom is 0.137 e. The van der Waals surface area contributed by atoms with E-state index in [1.54, 1.807) is 0 Å². The summed E-state index contributed by atoms with van der Waals surface area (Å²) in [5, 5.41) is 13.8. The maximum atomic E-state index is 11.5.